The third-order valence-corrected chi connectivity index (χ3v) is 3.68. The zero-order chi connectivity index (χ0) is 18.9. The Morgan fingerprint density at radius 1 is 1.23 bits per heavy atom. The second kappa shape index (κ2) is 9.28. The smallest absolute Gasteiger partial charge is 0.333 e. The lowest BCUT2D eigenvalue weighted by molar-refractivity contribution is -0.144. The molecular formula is C21H22N2O3. The van der Waals surface area contributed by atoms with Crippen LogP contribution in [0.3, 0.4) is 0 Å². The monoisotopic (exact) mass is 350 g/mol. The molecule has 134 valence electrons. The summed E-state index contributed by atoms with van der Waals surface area (Å²) < 4.78 is 10.8. The molecule has 0 aliphatic carbocycles. The van der Waals surface area contributed by atoms with Crippen molar-refractivity contribution in [3.05, 3.63) is 65.7 Å². The number of nitriles is 1. The van der Waals surface area contributed by atoms with Crippen LogP contribution in [-0.2, 0) is 9.53 Å². The number of esters is 1. The number of nitrogens with zero attached hydrogens (tertiary/aromatic N) is 1. The van der Waals surface area contributed by atoms with E-state index < -0.39 is 6.04 Å². The highest BCUT2D eigenvalue weighted by Gasteiger charge is 2.23. The zero-order valence-electron chi connectivity index (χ0n) is 15.0. The summed E-state index contributed by atoms with van der Waals surface area (Å²) >= 11 is 0. The maximum atomic E-state index is 12.5. The minimum atomic E-state index is -0.706. The van der Waals surface area contributed by atoms with Crippen LogP contribution in [0.4, 0.5) is 5.69 Å². The topological polar surface area (TPSA) is 71.3 Å². The van der Waals surface area contributed by atoms with Gasteiger partial charge in [-0.3, -0.25) is 0 Å². The van der Waals surface area contributed by atoms with Gasteiger partial charge >= 0.3 is 5.97 Å². The second-order valence-corrected chi connectivity index (χ2v) is 5.49. The fourth-order valence-corrected chi connectivity index (χ4v) is 2.49. The Bertz CT molecular complexity index is 807. The van der Waals surface area contributed by atoms with Crippen molar-refractivity contribution in [3.63, 3.8) is 0 Å². The summed E-state index contributed by atoms with van der Waals surface area (Å²) in [6, 6.07) is 13.8. The van der Waals surface area contributed by atoms with Gasteiger partial charge in [-0.2, -0.15) is 5.26 Å². The number of anilines is 1. The van der Waals surface area contributed by atoms with Crippen molar-refractivity contribution < 1.29 is 14.3 Å². The number of hydrogen-bond acceptors (Lipinski definition) is 5. The van der Waals surface area contributed by atoms with E-state index in [9.17, 15) is 4.79 Å². The molecule has 2 aromatic carbocycles. The minimum Gasteiger partial charge on any atom is -0.494 e. The minimum absolute atomic E-state index is 0.282. The molecule has 1 atom stereocenters. The van der Waals surface area contributed by atoms with E-state index in [1.54, 1.807) is 37.3 Å². The summed E-state index contributed by atoms with van der Waals surface area (Å²) in [4.78, 5) is 12.5. The highest BCUT2D eigenvalue weighted by Crippen LogP contribution is 2.27. The van der Waals surface area contributed by atoms with Crippen LogP contribution in [0.2, 0.25) is 0 Å². The molecule has 0 amide bonds. The Morgan fingerprint density at radius 3 is 2.54 bits per heavy atom. The molecule has 1 unspecified atom stereocenters. The number of hydrogen-bond donors (Lipinski definition) is 1. The average molecular weight is 350 g/mol. The molecule has 0 fully saturated rings. The quantitative estimate of drug-likeness (QED) is 0.718. The molecule has 0 bridgehead atoms. The third-order valence-electron chi connectivity index (χ3n) is 3.68. The van der Waals surface area contributed by atoms with E-state index >= 15 is 0 Å². The molecule has 2 aromatic rings. The van der Waals surface area contributed by atoms with Gasteiger partial charge in [-0.25, -0.2) is 4.79 Å². The lowest BCUT2D eigenvalue weighted by Crippen LogP contribution is -2.23. The van der Waals surface area contributed by atoms with Gasteiger partial charge in [0.05, 0.1) is 24.8 Å². The van der Waals surface area contributed by atoms with Crippen LogP contribution in [0, 0.1) is 11.3 Å². The van der Waals surface area contributed by atoms with Crippen LogP contribution < -0.4 is 10.1 Å². The standard InChI is InChI=1S/C21H22N2O3/c1-4-15-11-17(13-19(12-15)25-5-2)20(21(24)26-6-3)23-18-9-7-16(14-22)8-10-18/h4,7-13,20,23H,1,5-6H2,2-3H3. The molecular weight excluding hydrogens is 328 g/mol. The largest absolute Gasteiger partial charge is 0.494 e. The van der Waals surface area contributed by atoms with Gasteiger partial charge in [0.25, 0.3) is 0 Å². The summed E-state index contributed by atoms with van der Waals surface area (Å²) in [5.41, 5.74) is 2.83. The van der Waals surface area contributed by atoms with E-state index in [1.807, 2.05) is 25.1 Å². The number of ether oxygens (including phenoxy) is 2. The zero-order valence-corrected chi connectivity index (χ0v) is 15.0. The predicted octanol–water partition coefficient (Wildman–Crippen LogP) is 4.32. The maximum absolute atomic E-state index is 12.5. The van der Waals surface area contributed by atoms with Crippen LogP contribution in [0.5, 0.6) is 5.75 Å². The van der Waals surface area contributed by atoms with E-state index in [1.165, 1.54) is 0 Å². The molecule has 0 aliphatic heterocycles. The Kier molecular flexibility index (Phi) is 6.81. The average Bonchev–Trinajstić information content (AvgIpc) is 2.66. The van der Waals surface area contributed by atoms with E-state index in [0.29, 0.717) is 29.2 Å². The summed E-state index contributed by atoms with van der Waals surface area (Å²) in [6.07, 6.45) is 1.70. The van der Waals surface area contributed by atoms with Crippen LogP contribution in [0.25, 0.3) is 6.08 Å². The molecule has 0 radical (unpaired) electrons. The molecule has 0 saturated carbocycles. The molecule has 0 aliphatic rings. The Balaban J connectivity index is 2.40. The molecule has 0 aromatic heterocycles. The number of carbonyl (C=O) groups is 1. The summed E-state index contributed by atoms with van der Waals surface area (Å²) in [5, 5.41) is 12.1. The van der Waals surface area contributed by atoms with E-state index in [2.05, 4.69) is 18.0 Å². The van der Waals surface area contributed by atoms with Crippen LogP contribution in [0.15, 0.2) is 49.0 Å². The van der Waals surface area contributed by atoms with Crippen molar-refractivity contribution in [2.45, 2.75) is 19.9 Å². The molecule has 26 heavy (non-hydrogen) atoms. The van der Waals surface area contributed by atoms with Crippen molar-refractivity contribution in [1.82, 2.24) is 0 Å². The normalized spacial score (nSPS) is 11.1. The highest BCUT2D eigenvalue weighted by molar-refractivity contribution is 5.81. The number of carbonyl (C=O) groups excluding carboxylic acids is 1. The molecule has 5 nitrogen and oxygen atoms in total. The van der Waals surface area contributed by atoms with Crippen LogP contribution in [0.1, 0.15) is 36.6 Å². The van der Waals surface area contributed by atoms with Gasteiger partial charge in [-0.1, -0.05) is 12.7 Å². The van der Waals surface area contributed by atoms with E-state index in [0.717, 1.165) is 5.56 Å². The maximum Gasteiger partial charge on any atom is 0.333 e. The summed E-state index contributed by atoms with van der Waals surface area (Å²) in [5.74, 6) is 0.274. The Hall–Kier alpha value is -3.26. The van der Waals surface area contributed by atoms with Crippen molar-refractivity contribution in [3.8, 4) is 11.8 Å². The number of rotatable bonds is 8. The predicted molar refractivity (Wildman–Crippen MR) is 102 cm³/mol. The molecule has 0 spiro atoms. The van der Waals surface area contributed by atoms with Gasteiger partial charge in [0.1, 0.15) is 5.75 Å². The second-order valence-electron chi connectivity index (χ2n) is 5.49. The SMILES string of the molecule is C=Cc1cc(OCC)cc(C(Nc2ccc(C#N)cc2)C(=O)OCC)c1. The first-order valence-electron chi connectivity index (χ1n) is 8.44. The van der Waals surface area contributed by atoms with Gasteiger partial charge in [-0.05, 0) is 67.4 Å². The van der Waals surface area contributed by atoms with E-state index in [-0.39, 0.29) is 12.6 Å². The van der Waals surface area contributed by atoms with E-state index in [4.69, 9.17) is 14.7 Å². The fourth-order valence-electron chi connectivity index (χ4n) is 2.49. The van der Waals surface area contributed by atoms with Crippen LogP contribution in [-0.4, -0.2) is 19.2 Å². The first-order chi connectivity index (χ1) is 12.6. The molecule has 0 heterocycles. The van der Waals surface area contributed by atoms with Gasteiger partial charge in [0.15, 0.2) is 6.04 Å². The van der Waals surface area contributed by atoms with Crippen molar-refractivity contribution in [1.29, 1.82) is 5.26 Å². The first kappa shape index (κ1) is 19.1. The summed E-state index contributed by atoms with van der Waals surface area (Å²) in [7, 11) is 0. The van der Waals surface area contributed by atoms with Crippen LogP contribution >= 0.6 is 0 Å². The molecule has 5 heteroatoms. The van der Waals surface area contributed by atoms with Gasteiger partial charge in [0, 0.05) is 5.69 Å². The summed E-state index contributed by atoms with van der Waals surface area (Å²) in [6.45, 7) is 8.26. The first-order valence-corrected chi connectivity index (χ1v) is 8.44. The fraction of sp³-hybridized carbons (Fsp3) is 0.238. The molecule has 2 rings (SSSR count). The Labute approximate surface area is 153 Å². The van der Waals surface area contributed by atoms with Crippen molar-refractivity contribution >= 4 is 17.7 Å². The Morgan fingerprint density at radius 2 is 1.96 bits per heavy atom. The third kappa shape index (κ3) is 4.87. The molecule has 1 N–H and O–H groups in total. The van der Waals surface area contributed by atoms with Crippen molar-refractivity contribution in [2.75, 3.05) is 18.5 Å². The number of benzene rings is 2. The van der Waals surface area contributed by atoms with Gasteiger partial charge in [0.2, 0.25) is 0 Å². The highest BCUT2D eigenvalue weighted by atomic mass is 16.5. The lowest BCUT2D eigenvalue weighted by atomic mass is 10.0. The lowest BCUT2D eigenvalue weighted by Gasteiger charge is -2.20. The number of nitrogens with one attached hydrogen (secondary N) is 1. The molecule has 0 saturated heterocycles. The van der Waals surface area contributed by atoms with Gasteiger partial charge in [-0.15, -0.1) is 0 Å². The van der Waals surface area contributed by atoms with Gasteiger partial charge < -0.3 is 14.8 Å². The van der Waals surface area contributed by atoms with Crippen molar-refractivity contribution in [2.24, 2.45) is 0 Å².